The number of unbranched alkanes of at least 4 members (excludes halogenated alkanes) is 6. The zero-order valence-electron chi connectivity index (χ0n) is 26.6. The van der Waals surface area contributed by atoms with Gasteiger partial charge in [-0.1, -0.05) is 111 Å². The van der Waals surface area contributed by atoms with Gasteiger partial charge in [-0.2, -0.15) is 0 Å². The molecule has 0 saturated carbocycles. The van der Waals surface area contributed by atoms with Crippen molar-refractivity contribution in [3.05, 3.63) is 68.8 Å². The Kier molecular flexibility index (Phi) is 16.0. The molecule has 0 aliphatic rings. The average Bonchev–Trinajstić information content (AvgIpc) is 2.94. The highest BCUT2D eigenvalue weighted by Gasteiger charge is 2.20. The molecule has 2 rings (SSSR count). The zero-order chi connectivity index (χ0) is 27.8. The average molecular weight is 519 g/mol. The lowest BCUT2D eigenvalue weighted by Crippen LogP contribution is -2.10. The summed E-state index contributed by atoms with van der Waals surface area (Å²) in [6.07, 6.45) is 22.9. The zero-order valence-corrected chi connectivity index (χ0v) is 26.6. The van der Waals surface area contributed by atoms with Crippen molar-refractivity contribution in [3.63, 3.8) is 0 Å². The second-order valence-electron chi connectivity index (χ2n) is 12.0. The van der Waals surface area contributed by atoms with Gasteiger partial charge in [0.05, 0.1) is 0 Å². The van der Waals surface area contributed by atoms with E-state index in [0.717, 1.165) is 0 Å². The van der Waals surface area contributed by atoms with Gasteiger partial charge < -0.3 is 0 Å². The predicted octanol–water partition coefficient (Wildman–Crippen LogP) is 11.9. The van der Waals surface area contributed by atoms with E-state index in [4.69, 9.17) is 0 Å². The van der Waals surface area contributed by atoms with Crippen molar-refractivity contribution in [1.29, 1.82) is 0 Å². The second kappa shape index (κ2) is 18.7. The van der Waals surface area contributed by atoms with Gasteiger partial charge in [0, 0.05) is 5.92 Å². The Morgan fingerprint density at radius 3 is 0.868 bits per heavy atom. The summed E-state index contributed by atoms with van der Waals surface area (Å²) >= 11 is 0. The number of benzene rings is 2. The molecule has 0 bridgehead atoms. The van der Waals surface area contributed by atoms with Crippen LogP contribution in [0.4, 0.5) is 0 Å². The van der Waals surface area contributed by atoms with Crippen LogP contribution in [-0.2, 0) is 38.5 Å². The topological polar surface area (TPSA) is 0 Å². The maximum atomic E-state index is 2.68. The highest BCUT2D eigenvalue weighted by Crippen LogP contribution is 2.36. The first-order valence-electron chi connectivity index (χ1n) is 16.8. The van der Waals surface area contributed by atoms with E-state index in [1.165, 1.54) is 116 Å². The lowest BCUT2D eigenvalue weighted by Gasteiger charge is -2.25. The van der Waals surface area contributed by atoms with E-state index in [1.807, 2.05) is 0 Å². The maximum Gasteiger partial charge on any atom is 0.00666 e. The van der Waals surface area contributed by atoms with E-state index in [9.17, 15) is 0 Å². The summed E-state index contributed by atoms with van der Waals surface area (Å²) in [5, 5.41) is 0. The van der Waals surface area contributed by atoms with Crippen molar-refractivity contribution in [3.8, 4) is 0 Å². The summed E-state index contributed by atoms with van der Waals surface area (Å²) in [7, 11) is 0. The van der Waals surface area contributed by atoms with Gasteiger partial charge in [-0.25, -0.2) is 0 Å². The van der Waals surface area contributed by atoms with Crippen molar-refractivity contribution in [2.75, 3.05) is 0 Å². The van der Waals surface area contributed by atoms with E-state index in [0.29, 0.717) is 5.92 Å². The van der Waals surface area contributed by atoms with E-state index < -0.39 is 0 Å². The van der Waals surface area contributed by atoms with Gasteiger partial charge in [0.15, 0.2) is 0 Å². The molecule has 0 atom stereocenters. The molecule has 0 aliphatic heterocycles. The van der Waals surface area contributed by atoms with Crippen LogP contribution in [0.25, 0.3) is 0 Å². The van der Waals surface area contributed by atoms with Crippen LogP contribution in [0.3, 0.4) is 0 Å². The number of aryl methyl sites for hydroxylation is 6. The Morgan fingerprint density at radius 1 is 0.368 bits per heavy atom. The van der Waals surface area contributed by atoms with Crippen LogP contribution in [0.5, 0.6) is 0 Å². The van der Waals surface area contributed by atoms with Crippen LogP contribution in [0.2, 0.25) is 0 Å². The van der Waals surface area contributed by atoms with E-state index in [-0.39, 0.29) is 0 Å². The molecule has 0 heteroatoms. The first-order valence-corrected chi connectivity index (χ1v) is 16.8. The Morgan fingerprint density at radius 2 is 0.605 bits per heavy atom. The number of hydrogen-bond acceptors (Lipinski definition) is 0. The van der Waals surface area contributed by atoms with E-state index in [2.05, 4.69) is 72.7 Å². The van der Waals surface area contributed by atoms with Crippen LogP contribution in [0.1, 0.15) is 176 Å². The monoisotopic (exact) mass is 518 g/mol. The molecule has 0 radical (unpaired) electrons. The normalized spacial score (nSPS) is 11.6. The summed E-state index contributed by atoms with van der Waals surface area (Å²) in [5.74, 6) is 0.468. The van der Waals surface area contributed by atoms with Gasteiger partial charge in [-0.15, -0.1) is 0 Å². The van der Waals surface area contributed by atoms with Crippen molar-refractivity contribution in [1.82, 2.24) is 0 Å². The van der Waals surface area contributed by atoms with Gasteiger partial charge in [0.2, 0.25) is 0 Å². The predicted molar refractivity (Wildman–Crippen MR) is 172 cm³/mol. The minimum atomic E-state index is 0.468. The third-order valence-corrected chi connectivity index (χ3v) is 8.65. The SMILES string of the molecule is CCCCc1cc(CCCC)c(C(C)c2cc(CCCC)c(CCCC)cc2CCCC)cc1CCCC. The lowest BCUT2D eigenvalue weighted by atomic mass is 9.79. The number of rotatable bonds is 20. The van der Waals surface area contributed by atoms with Crippen molar-refractivity contribution in [2.24, 2.45) is 0 Å². The van der Waals surface area contributed by atoms with Crippen LogP contribution >= 0.6 is 0 Å². The Balaban J connectivity index is 2.66. The van der Waals surface area contributed by atoms with Crippen LogP contribution in [0, 0.1) is 0 Å². The quantitative estimate of drug-likeness (QED) is 0.163. The Bertz CT molecular complexity index is 843. The van der Waals surface area contributed by atoms with Gasteiger partial charge in [-0.05, 0) is 122 Å². The second-order valence-corrected chi connectivity index (χ2v) is 12.0. The highest BCUT2D eigenvalue weighted by atomic mass is 14.3. The summed E-state index contributed by atoms with van der Waals surface area (Å²) < 4.78 is 0. The molecular formula is C38H62. The fraction of sp³-hybridized carbons (Fsp3) is 0.684. The van der Waals surface area contributed by atoms with Crippen LogP contribution in [0.15, 0.2) is 24.3 Å². The summed E-state index contributed by atoms with van der Waals surface area (Å²) in [4.78, 5) is 0. The molecule has 214 valence electrons. The molecule has 0 N–H and O–H groups in total. The Hall–Kier alpha value is -1.56. The standard InChI is InChI=1S/C38H62/c1-8-14-20-31-26-35(24-18-12-5)37(28-33(31)22-16-10-3)30(7)38-29-34(23-17-11-4)32(21-15-9-2)27-36(38)25-19-13-6/h26-30H,8-25H2,1-7H3. The molecule has 2 aromatic carbocycles. The van der Waals surface area contributed by atoms with Gasteiger partial charge in [-0.3, -0.25) is 0 Å². The molecule has 0 heterocycles. The smallest absolute Gasteiger partial charge is 0.00666 e. The van der Waals surface area contributed by atoms with E-state index in [1.54, 1.807) is 44.5 Å². The van der Waals surface area contributed by atoms with Gasteiger partial charge >= 0.3 is 0 Å². The molecule has 0 nitrogen and oxygen atoms in total. The summed E-state index contributed by atoms with van der Waals surface area (Å²) in [6.45, 7) is 16.5. The molecule has 0 aliphatic carbocycles. The fourth-order valence-corrected chi connectivity index (χ4v) is 6.06. The molecule has 38 heavy (non-hydrogen) atoms. The molecule has 0 unspecified atom stereocenters. The summed E-state index contributed by atoms with van der Waals surface area (Å²) in [6, 6.07) is 10.7. The largest absolute Gasteiger partial charge is 0.0654 e. The van der Waals surface area contributed by atoms with Crippen LogP contribution < -0.4 is 0 Å². The molecule has 0 aromatic heterocycles. The minimum absolute atomic E-state index is 0.468. The van der Waals surface area contributed by atoms with Crippen LogP contribution in [-0.4, -0.2) is 0 Å². The fourth-order valence-electron chi connectivity index (χ4n) is 6.06. The first-order chi connectivity index (χ1) is 18.5. The lowest BCUT2D eigenvalue weighted by molar-refractivity contribution is 0.730. The molecule has 0 fully saturated rings. The molecule has 2 aromatic rings. The molecule has 0 spiro atoms. The third kappa shape index (κ3) is 9.88. The Labute approximate surface area is 238 Å². The molecule has 0 saturated heterocycles. The van der Waals surface area contributed by atoms with Crippen molar-refractivity contribution in [2.45, 2.75) is 170 Å². The van der Waals surface area contributed by atoms with Crippen molar-refractivity contribution >= 4 is 0 Å². The van der Waals surface area contributed by atoms with Gasteiger partial charge in [0.25, 0.3) is 0 Å². The maximum absolute atomic E-state index is 2.68. The first kappa shape index (κ1) is 32.7. The highest BCUT2D eigenvalue weighted by molar-refractivity contribution is 5.49. The van der Waals surface area contributed by atoms with E-state index >= 15 is 0 Å². The minimum Gasteiger partial charge on any atom is -0.0654 e. The molecular weight excluding hydrogens is 456 g/mol. The number of hydrogen-bond donors (Lipinski definition) is 0. The third-order valence-electron chi connectivity index (χ3n) is 8.65. The summed E-state index contributed by atoms with van der Waals surface area (Å²) in [5.41, 5.74) is 13.1. The van der Waals surface area contributed by atoms with Crippen molar-refractivity contribution < 1.29 is 0 Å². The molecule has 0 amide bonds. The van der Waals surface area contributed by atoms with Gasteiger partial charge in [0.1, 0.15) is 0 Å².